The van der Waals surface area contributed by atoms with E-state index in [4.69, 9.17) is 5.73 Å². The van der Waals surface area contributed by atoms with E-state index in [1.165, 1.54) is 16.9 Å². The molecule has 1 atom stereocenters. The fourth-order valence-corrected chi connectivity index (χ4v) is 3.02. The lowest BCUT2D eigenvalue weighted by molar-refractivity contribution is 0.252. The molecule has 0 fully saturated rings. The van der Waals surface area contributed by atoms with Crippen molar-refractivity contribution in [1.29, 1.82) is 0 Å². The summed E-state index contributed by atoms with van der Waals surface area (Å²) >= 11 is 1.40. The van der Waals surface area contributed by atoms with Gasteiger partial charge in [-0.05, 0) is 24.3 Å². The molecule has 0 bridgehead atoms. The van der Waals surface area contributed by atoms with Crippen molar-refractivity contribution in [3.05, 3.63) is 47.0 Å². The van der Waals surface area contributed by atoms with E-state index in [1.54, 1.807) is 0 Å². The molecule has 2 amide bonds. The van der Waals surface area contributed by atoms with Crippen LogP contribution in [0.3, 0.4) is 0 Å². The van der Waals surface area contributed by atoms with Crippen molar-refractivity contribution in [1.82, 2.24) is 10.3 Å². The standard InChI is InChI=1S/C17H24N4OS/c1-12(2)10-14(18)15-11-23-17(20-15)21-16(22)19-9-8-13-6-4-3-5-7-13/h3-7,11-12,14H,8-10,18H2,1-2H3,(H2,19,20,21,22). The van der Waals surface area contributed by atoms with Crippen LogP contribution in [-0.4, -0.2) is 17.6 Å². The first-order valence-electron chi connectivity index (χ1n) is 7.84. The Kier molecular flexibility index (Phi) is 6.55. The number of anilines is 1. The molecule has 23 heavy (non-hydrogen) atoms. The fourth-order valence-electron chi connectivity index (χ4n) is 2.25. The maximum Gasteiger partial charge on any atom is 0.321 e. The summed E-state index contributed by atoms with van der Waals surface area (Å²) in [5.74, 6) is 0.518. The molecule has 0 aliphatic heterocycles. The van der Waals surface area contributed by atoms with Crippen LogP contribution < -0.4 is 16.4 Å². The lowest BCUT2D eigenvalue weighted by Gasteiger charge is -2.11. The van der Waals surface area contributed by atoms with Gasteiger partial charge in [-0.3, -0.25) is 5.32 Å². The Labute approximate surface area is 141 Å². The zero-order valence-electron chi connectivity index (χ0n) is 13.6. The number of hydrogen-bond donors (Lipinski definition) is 3. The largest absolute Gasteiger partial charge is 0.337 e. The monoisotopic (exact) mass is 332 g/mol. The van der Waals surface area contributed by atoms with Gasteiger partial charge >= 0.3 is 6.03 Å². The SMILES string of the molecule is CC(C)CC(N)c1csc(NC(=O)NCCc2ccccc2)n1. The number of nitrogens with zero attached hydrogens (tertiary/aromatic N) is 1. The molecule has 124 valence electrons. The molecule has 1 heterocycles. The van der Waals surface area contributed by atoms with Crippen molar-refractivity contribution >= 4 is 22.5 Å². The minimum atomic E-state index is -0.237. The average molecular weight is 332 g/mol. The molecule has 2 rings (SSSR count). The van der Waals surface area contributed by atoms with E-state index in [0.717, 1.165) is 18.5 Å². The molecule has 0 radical (unpaired) electrons. The summed E-state index contributed by atoms with van der Waals surface area (Å²) in [7, 11) is 0. The minimum absolute atomic E-state index is 0.0806. The summed E-state index contributed by atoms with van der Waals surface area (Å²) in [5, 5.41) is 8.08. The third kappa shape index (κ3) is 6.00. The van der Waals surface area contributed by atoms with E-state index in [0.29, 0.717) is 17.6 Å². The smallest absolute Gasteiger partial charge is 0.321 e. The summed E-state index contributed by atoms with van der Waals surface area (Å²) in [4.78, 5) is 16.3. The van der Waals surface area contributed by atoms with Crippen LogP contribution in [0.2, 0.25) is 0 Å². The van der Waals surface area contributed by atoms with Crippen LogP contribution in [0.15, 0.2) is 35.7 Å². The third-order valence-electron chi connectivity index (χ3n) is 3.39. The van der Waals surface area contributed by atoms with Gasteiger partial charge in [-0.1, -0.05) is 44.2 Å². The van der Waals surface area contributed by atoms with E-state index in [9.17, 15) is 4.79 Å². The lowest BCUT2D eigenvalue weighted by atomic mass is 10.0. The van der Waals surface area contributed by atoms with Crippen molar-refractivity contribution < 1.29 is 4.79 Å². The summed E-state index contributed by atoms with van der Waals surface area (Å²) < 4.78 is 0. The normalized spacial score (nSPS) is 12.2. The van der Waals surface area contributed by atoms with Gasteiger partial charge < -0.3 is 11.1 Å². The highest BCUT2D eigenvalue weighted by atomic mass is 32.1. The van der Waals surface area contributed by atoms with Crippen molar-refractivity contribution in [3.63, 3.8) is 0 Å². The first-order valence-corrected chi connectivity index (χ1v) is 8.72. The number of hydrogen-bond acceptors (Lipinski definition) is 4. The molecule has 2 aromatic rings. The maximum absolute atomic E-state index is 11.9. The molecule has 0 aliphatic carbocycles. The van der Waals surface area contributed by atoms with Crippen LogP contribution in [0.4, 0.5) is 9.93 Å². The van der Waals surface area contributed by atoms with Crippen molar-refractivity contribution in [2.45, 2.75) is 32.7 Å². The maximum atomic E-state index is 11.9. The van der Waals surface area contributed by atoms with Crippen molar-refractivity contribution in [3.8, 4) is 0 Å². The Hall–Kier alpha value is -1.92. The summed E-state index contributed by atoms with van der Waals surface area (Å²) in [6.45, 7) is 4.85. The molecule has 6 heteroatoms. The summed E-state index contributed by atoms with van der Waals surface area (Å²) in [6.07, 6.45) is 1.68. The van der Waals surface area contributed by atoms with Gasteiger partial charge in [0.05, 0.1) is 5.69 Å². The highest BCUT2D eigenvalue weighted by Crippen LogP contribution is 2.23. The molecular weight excluding hydrogens is 308 g/mol. The Morgan fingerprint density at radius 2 is 2.04 bits per heavy atom. The predicted octanol–water partition coefficient (Wildman–Crippen LogP) is 3.55. The second-order valence-electron chi connectivity index (χ2n) is 5.93. The number of benzene rings is 1. The second kappa shape index (κ2) is 8.64. The number of aromatic nitrogens is 1. The van der Waals surface area contributed by atoms with Gasteiger partial charge in [-0.25, -0.2) is 9.78 Å². The number of rotatable bonds is 7. The highest BCUT2D eigenvalue weighted by molar-refractivity contribution is 7.13. The molecule has 1 unspecified atom stereocenters. The number of nitrogens with one attached hydrogen (secondary N) is 2. The van der Waals surface area contributed by atoms with Crippen LogP contribution in [0.25, 0.3) is 0 Å². The zero-order chi connectivity index (χ0) is 16.7. The Bertz CT molecular complexity index is 612. The number of amides is 2. The Morgan fingerprint density at radius 1 is 1.30 bits per heavy atom. The van der Waals surface area contributed by atoms with Gasteiger partial charge in [-0.15, -0.1) is 11.3 Å². The number of carbonyl (C=O) groups excluding carboxylic acids is 1. The van der Waals surface area contributed by atoms with Gasteiger partial charge in [0.25, 0.3) is 0 Å². The van der Waals surface area contributed by atoms with Crippen LogP contribution >= 0.6 is 11.3 Å². The number of carbonyl (C=O) groups is 1. The fraction of sp³-hybridized carbons (Fsp3) is 0.412. The minimum Gasteiger partial charge on any atom is -0.337 e. The number of thiazole rings is 1. The van der Waals surface area contributed by atoms with Gasteiger partial charge in [0.15, 0.2) is 5.13 Å². The Morgan fingerprint density at radius 3 is 2.74 bits per heavy atom. The van der Waals surface area contributed by atoms with E-state index in [2.05, 4.69) is 29.5 Å². The van der Waals surface area contributed by atoms with Crippen LogP contribution in [0, 0.1) is 5.92 Å². The number of urea groups is 1. The third-order valence-corrected chi connectivity index (χ3v) is 4.17. The van der Waals surface area contributed by atoms with Crippen LogP contribution in [0.5, 0.6) is 0 Å². The van der Waals surface area contributed by atoms with Crippen LogP contribution in [-0.2, 0) is 6.42 Å². The topological polar surface area (TPSA) is 80.0 Å². The summed E-state index contributed by atoms with van der Waals surface area (Å²) in [5.41, 5.74) is 8.14. The van der Waals surface area contributed by atoms with Crippen LogP contribution in [0.1, 0.15) is 37.6 Å². The van der Waals surface area contributed by atoms with Gasteiger partial charge in [0.2, 0.25) is 0 Å². The summed E-state index contributed by atoms with van der Waals surface area (Å²) in [6, 6.07) is 9.74. The predicted molar refractivity (Wildman–Crippen MR) is 95.7 cm³/mol. The van der Waals surface area contributed by atoms with Gasteiger partial charge in [-0.2, -0.15) is 0 Å². The van der Waals surface area contributed by atoms with E-state index >= 15 is 0 Å². The van der Waals surface area contributed by atoms with Gasteiger partial charge in [0, 0.05) is 18.0 Å². The number of nitrogens with two attached hydrogens (primary N) is 1. The average Bonchev–Trinajstić information content (AvgIpc) is 2.96. The molecule has 0 spiro atoms. The lowest BCUT2D eigenvalue weighted by Crippen LogP contribution is -2.30. The molecule has 1 aromatic carbocycles. The molecule has 4 N–H and O–H groups in total. The molecule has 0 aliphatic rings. The molecule has 0 saturated heterocycles. The van der Waals surface area contributed by atoms with Crippen molar-refractivity contribution in [2.24, 2.45) is 11.7 Å². The zero-order valence-corrected chi connectivity index (χ0v) is 14.4. The molecule has 1 aromatic heterocycles. The second-order valence-corrected chi connectivity index (χ2v) is 6.79. The molecule has 0 saturated carbocycles. The molecule has 5 nitrogen and oxygen atoms in total. The van der Waals surface area contributed by atoms with E-state index in [-0.39, 0.29) is 12.1 Å². The van der Waals surface area contributed by atoms with Crippen molar-refractivity contribution in [2.75, 3.05) is 11.9 Å². The quantitative estimate of drug-likeness (QED) is 0.725. The van der Waals surface area contributed by atoms with E-state index in [1.807, 2.05) is 35.7 Å². The first kappa shape index (κ1) is 17.4. The van der Waals surface area contributed by atoms with E-state index < -0.39 is 0 Å². The molecular formula is C17H24N4OS. The Balaban J connectivity index is 1.76. The highest BCUT2D eigenvalue weighted by Gasteiger charge is 2.13. The van der Waals surface area contributed by atoms with Gasteiger partial charge in [0.1, 0.15) is 0 Å². The first-order chi connectivity index (χ1) is 11.0.